The quantitative estimate of drug-likeness (QED) is 0.446. The second-order valence-electron chi connectivity index (χ2n) is 8.15. The van der Waals surface area contributed by atoms with Crippen LogP contribution in [0.5, 0.6) is 11.5 Å². The maximum Gasteiger partial charge on any atom is 0.283 e. The van der Waals surface area contributed by atoms with Gasteiger partial charge in [0.2, 0.25) is 5.95 Å². The molecule has 0 unspecified atom stereocenters. The van der Waals surface area contributed by atoms with Crippen LogP contribution in [0.15, 0.2) is 65.8 Å². The molecule has 9 heteroatoms. The molecule has 6 rings (SSSR count). The lowest BCUT2D eigenvalue weighted by molar-refractivity contribution is 0.262. The van der Waals surface area contributed by atoms with Gasteiger partial charge >= 0.3 is 0 Å². The molecule has 0 amide bonds. The highest BCUT2D eigenvalue weighted by molar-refractivity contribution is 5.79. The second kappa shape index (κ2) is 7.31. The number of aryl methyl sites for hydroxylation is 1. The Hall–Kier alpha value is -4.40. The number of amidine groups is 1. The van der Waals surface area contributed by atoms with Crippen molar-refractivity contribution in [2.24, 2.45) is 10.7 Å². The molecule has 2 N–H and O–H groups in total. The summed E-state index contributed by atoms with van der Waals surface area (Å²) in [7, 11) is 0. The number of nitrogens with two attached hydrogens (primary N) is 1. The molecule has 0 fully saturated rings. The van der Waals surface area contributed by atoms with E-state index < -0.39 is 17.3 Å². The minimum Gasteiger partial charge on any atom is -0.462 e. The lowest BCUT2D eigenvalue weighted by atomic mass is 9.79. The van der Waals surface area contributed by atoms with E-state index in [1.54, 1.807) is 48.5 Å². The zero-order valence-corrected chi connectivity index (χ0v) is 17.9. The van der Waals surface area contributed by atoms with E-state index in [4.69, 9.17) is 15.2 Å². The smallest absolute Gasteiger partial charge is 0.283 e. The molecule has 2 aliphatic rings. The van der Waals surface area contributed by atoms with Crippen molar-refractivity contribution in [2.75, 3.05) is 6.61 Å². The summed E-state index contributed by atoms with van der Waals surface area (Å²) in [6.07, 6.45) is 1.38. The number of hydrogen-bond donors (Lipinski definition) is 1. The van der Waals surface area contributed by atoms with Crippen LogP contribution < -0.4 is 10.5 Å². The van der Waals surface area contributed by atoms with Crippen molar-refractivity contribution in [3.63, 3.8) is 0 Å². The summed E-state index contributed by atoms with van der Waals surface area (Å²) in [4.78, 5) is 8.32. The largest absolute Gasteiger partial charge is 0.462 e. The highest BCUT2D eigenvalue weighted by atomic mass is 19.1. The lowest BCUT2D eigenvalue weighted by Crippen LogP contribution is -2.31. The Labute approximate surface area is 192 Å². The van der Waals surface area contributed by atoms with Gasteiger partial charge in [0.05, 0.1) is 11.4 Å². The van der Waals surface area contributed by atoms with Crippen LogP contribution in [0.1, 0.15) is 16.8 Å². The van der Waals surface area contributed by atoms with E-state index in [2.05, 4.69) is 20.2 Å². The summed E-state index contributed by atoms with van der Waals surface area (Å²) in [5, 5.41) is 8.25. The Morgan fingerprint density at radius 2 is 1.82 bits per heavy atom. The van der Waals surface area contributed by atoms with Gasteiger partial charge < -0.3 is 15.2 Å². The fraction of sp³-hybridized carbons (Fsp3) is 0.120. The molecule has 34 heavy (non-hydrogen) atoms. The number of benzene rings is 2. The van der Waals surface area contributed by atoms with Crippen LogP contribution in [0, 0.1) is 18.7 Å². The number of aromatic nitrogens is 3. The van der Waals surface area contributed by atoms with E-state index in [-0.39, 0.29) is 18.4 Å². The van der Waals surface area contributed by atoms with Crippen LogP contribution in [0.2, 0.25) is 0 Å². The maximum atomic E-state index is 15.4. The molecule has 2 aromatic heterocycles. The summed E-state index contributed by atoms with van der Waals surface area (Å²) < 4.78 is 41.3. The van der Waals surface area contributed by atoms with Crippen molar-refractivity contribution in [3.8, 4) is 33.9 Å². The first-order chi connectivity index (χ1) is 16.4. The third kappa shape index (κ3) is 3.01. The normalized spacial score (nSPS) is 18.0. The molecule has 2 aromatic carbocycles. The fourth-order valence-electron chi connectivity index (χ4n) is 4.38. The van der Waals surface area contributed by atoms with E-state index in [0.717, 1.165) is 5.69 Å². The molecule has 4 aromatic rings. The molecule has 0 saturated carbocycles. The number of halogens is 2. The number of hydrogen-bond acceptors (Lipinski definition) is 7. The minimum absolute atomic E-state index is 0.0266. The topological polar surface area (TPSA) is 95.5 Å². The Balaban J connectivity index is 1.58. The molecule has 168 valence electrons. The summed E-state index contributed by atoms with van der Waals surface area (Å²) in [6, 6.07) is 15.0. The molecule has 1 spiro atoms. The van der Waals surface area contributed by atoms with Crippen molar-refractivity contribution in [1.29, 1.82) is 0 Å². The molecule has 0 aliphatic carbocycles. The van der Waals surface area contributed by atoms with Gasteiger partial charge in [0.15, 0.2) is 17.1 Å². The average molecular weight is 457 g/mol. The molecular weight excluding hydrogens is 440 g/mol. The molecule has 1 atom stereocenters. The number of nitrogens with zero attached hydrogens (tertiary/aromatic N) is 4. The van der Waals surface area contributed by atoms with Crippen molar-refractivity contribution >= 4 is 6.02 Å². The first-order valence-corrected chi connectivity index (χ1v) is 10.5. The van der Waals surface area contributed by atoms with Crippen LogP contribution in [-0.4, -0.2) is 27.8 Å². The predicted molar refractivity (Wildman–Crippen MR) is 120 cm³/mol. The average Bonchev–Trinajstić information content (AvgIpc) is 3.23. The van der Waals surface area contributed by atoms with Gasteiger partial charge in [0.25, 0.3) is 6.02 Å². The van der Waals surface area contributed by atoms with Gasteiger partial charge in [-0.3, -0.25) is 0 Å². The van der Waals surface area contributed by atoms with E-state index in [1.807, 2.05) is 6.92 Å². The number of rotatable bonds is 2. The molecule has 0 radical (unpaired) electrons. The van der Waals surface area contributed by atoms with Crippen LogP contribution in [0.25, 0.3) is 22.4 Å². The number of aliphatic imine (C=N–C) groups is 1. The third-order valence-electron chi connectivity index (χ3n) is 6.02. The minimum atomic E-state index is -1.18. The van der Waals surface area contributed by atoms with Gasteiger partial charge in [-0.05, 0) is 61.0 Å². The maximum absolute atomic E-state index is 15.4. The Bertz CT molecular complexity index is 1490. The van der Waals surface area contributed by atoms with Crippen LogP contribution in [0.3, 0.4) is 0 Å². The van der Waals surface area contributed by atoms with Crippen molar-refractivity contribution in [3.05, 3.63) is 89.4 Å². The Kier molecular flexibility index (Phi) is 4.35. The number of pyridine rings is 1. The van der Waals surface area contributed by atoms with Gasteiger partial charge in [-0.2, -0.15) is 14.6 Å². The monoisotopic (exact) mass is 457 g/mol. The highest BCUT2D eigenvalue weighted by Crippen LogP contribution is 2.53. The molecule has 7 nitrogen and oxygen atoms in total. The summed E-state index contributed by atoms with van der Waals surface area (Å²) >= 11 is 0. The van der Waals surface area contributed by atoms with Gasteiger partial charge in [-0.15, -0.1) is 0 Å². The molecule has 0 bridgehead atoms. The van der Waals surface area contributed by atoms with Gasteiger partial charge in [-0.25, -0.2) is 14.4 Å². The summed E-state index contributed by atoms with van der Waals surface area (Å²) in [5.41, 5.74) is 8.38. The van der Waals surface area contributed by atoms with E-state index in [1.165, 1.54) is 12.3 Å². The fourth-order valence-corrected chi connectivity index (χ4v) is 4.38. The van der Waals surface area contributed by atoms with Gasteiger partial charge in [0, 0.05) is 28.5 Å². The van der Waals surface area contributed by atoms with Gasteiger partial charge in [-0.1, -0.05) is 6.07 Å². The van der Waals surface area contributed by atoms with E-state index in [0.29, 0.717) is 39.3 Å². The highest BCUT2D eigenvalue weighted by Gasteiger charge is 2.48. The summed E-state index contributed by atoms with van der Waals surface area (Å²) in [5.74, 6) is -0.781. The van der Waals surface area contributed by atoms with Crippen molar-refractivity contribution in [1.82, 2.24) is 15.2 Å². The lowest BCUT2D eigenvalue weighted by Gasteiger charge is -2.34. The van der Waals surface area contributed by atoms with E-state index >= 15 is 4.39 Å². The van der Waals surface area contributed by atoms with Crippen LogP contribution in [-0.2, 0) is 10.3 Å². The SMILES string of the molecule is Cc1ccc(-c2cc(F)c3c(c2)[C@]2(COC(N)=N2)c2cc(-c4cccnc4F)ccc2O3)nn1. The molecule has 2 aliphatic heterocycles. The van der Waals surface area contributed by atoms with Crippen LogP contribution >= 0.6 is 0 Å². The Morgan fingerprint density at radius 1 is 0.971 bits per heavy atom. The second-order valence-corrected chi connectivity index (χ2v) is 8.15. The van der Waals surface area contributed by atoms with Gasteiger partial charge in [0.1, 0.15) is 12.4 Å². The molecular formula is C25H17F2N5O2. The predicted octanol–water partition coefficient (Wildman–Crippen LogP) is 4.49. The summed E-state index contributed by atoms with van der Waals surface area (Å²) in [6.45, 7) is 1.85. The first kappa shape index (κ1) is 20.2. The first-order valence-electron chi connectivity index (χ1n) is 10.5. The molecule has 0 saturated heterocycles. The van der Waals surface area contributed by atoms with Crippen molar-refractivity contribution in [2.45, 2.75) is 12.5 Å². The van der Waals surface area contributed by atoms with Crippen LogP contribution in [0.4, 0.5) is 8.78 Å². The Morgan fingerprint density at radius 3 is 2.56 bits per heavy atom. The molecule has 4 heterocycles. The third-order valence-corrected chi connectivity index (χ3v) is 6.02. The zero-order chi connectivity index (χ0) is 23.4. The van der Waals surface area contributed by atoms with E-state index in [9.17, 15) is 4.39 Å². The number of fused-ring (bicyclic) bond motifs is 4. The zero-order valence-electron chi connectivity index (χ0n) is 17.9. The van der Waals surface area contributed by atoms with Crippen molar-refractivity contribution < 1.29 is 18.3 Å². The standard InChI is InChI=1S/C25H17F2N5O2/c1-13-4-6-20(32-31-13)15-10-18-22(19(26)11-15)34-21-7-5-14(16-3-2-8-29-23(16)27)9-17(21)25(18)12-33-24(28)30-25/h2-11H,12H2,1H3,(H2,28,30)/t25-/m0/s1. The number of ether oxygens (including phenoxy) is 2.